The number of cyclic esters (lactones) is 1. The van der Waals surface area contributed by atoms with E-state index >= 15 is 0 Å². The molecule has 0 bridgehead atoms. The predicted molar refractivity (Wildman–Crippen MR) is 99.1 cm³/mol. The Hall–Kier alpha value is -2.77. The Morgan fingerprint density at radius 3 is 2.50 bits per heavy atom. The number of aliphatic imine (C=N–C) groups is 1. The lowest BCUT2D eigenvalue weighted by Crippen LogP contribution is -2.22. The molecule has 0 unspecified atom stereocenters. The van der Waals surface area contributed by atoms with Crippen LogP contribution in [0.3, 0.4) is 0 Å². The van der Waals surface area contributed by atoms with Gasteiger partial charge in [-0.3, -0.25) is 0 Å². The number of aryl methyl sites for hydroxylation is 1. The van der Waals surface area contributed by atoms with Crippen LogP contribution in [0.15, 0.2) is 64.1 Å². The number of esters is 1. The molecule has 0 N–H and O–H groups in total. The second-order valence-corrected chi connectivity index (χ2v) is 8.22. The highest BCUT2D eigenvalue weighted by Crippen LogP contribution is 2.22. The van der Waals surface area contributed by atoms with Crippen LogP contribution < -0.4 is 0 Å². The molecule has 1 aliphatic heterocycles. The molecule has 0 saturated heterocycles. The normalized spacial score (nSPS) is 16.1. The number of hydrogen-bond acceptors (Lipinski definition) is 5. The number of ether oxygens (including phenoxy) is 1. The Labute approximate surface area is 152 Å². The minimum atomic E-state index is -3.59. The van der Waals surface area contributed by atoms with Crippen LogP contribution in [0, 0.1) is 6.92 Å². The van der Waals surface area contributed by atoms with E-state index in [2.05, 4.69) is 4.99 Å². The first-order valence-electron chi connectivity index (χ1n) is 7.89. The van der Waals surface area contributed by atoms with Crippen LogP contribution >= 0.6 is 0 Å². The third-order valence-electron chi connectivity index (χ3n) is 3.83. The zero-order valence-electron chi connectivity index (χ0n) is 14.6. The number of benzene rings is 2. The van der Waals surface area contributed by atoms with Gasteiger partial charge >= 0.3 is 5.97 Å². The highest BCUT2D eigenvalue weighted by Gasteiger charge is 2.26. The van der Waals surface area contributed by atoms with Gasteiger partial charge in [-0.2, -0.15) is 0 Å². The third kappa shape index (κ3) is 3.58. The largest absolute Gasteiger partial charge is 0.402 e. The molecule has 1 aliphatic rings. The van der Waals surface area contributed by atoms with E-state index in [9.17, 15) is 13.2 Å². The van der Waals surface area contributed by atoms with Crippen LogP contribution in [0.1, 0.15) is 16.7 Å². The third-order valence-corrected chi connectivity index (χ3v) is 5.64. The predicted octanol–water partition coefficient (Wildman–Crippen LogP) is 2.59. The summed E-state index contributed by atoms with van der Waals surface area (Å²) < 4.78 is 30.9. The van der Waals surface area contributed by atoms with Crippen LogP contribution in [0.25, 0.3) is 6.08 Å². The summed E-state index contributed by atoms with van der Waals surface area (Å²) in [6, 6.07) is 13.8. The van der Waals surface area contributed by atoms with Gasteiger partial charge in [-0.15, -0.1) is 0 Å². The molecule has 26 heavy (non-hydrogen) atoms. The van der Waals surface area contributed by atoms with Crippen molar-refractivity contribution in [1.29, 1.82) is 0 Å². The number of carbonyl (C=O) groups excluding carboxylic acids is 1. The van der Waals surface area contributed by atoms with Gasteiger partial charge in [-0.1, -0.05) is 35.9 Å². The molecule has 3 rings (SSSR count). The quantitative estimate of drug-likeness (QED) is 0.612. The SMILES string of the molecule is Cc1cccc(/C=C2\N=C(c3cccc(S(=O)(=O)N(C)C)c3)OC2=O)c1. The molecule has 0 saturated carbocycles. The first-order valence-corrected chi connectivity index (χ1v) is 9.33. The number of nitrogens with zero attached hydrogens (tertiary/aromatic N) is 2. The van der Waals surface area contributed by atoms with Crippen molar-refractivity contribution in [3.63, 3.8) is 0 Å². The van der Waals surface area contributed by atoms with Gasteiger partial charge in [0, 0.05) is 19.7 Å². The van der Waals surface area contributed by atoms with E-state index in [0.717, 1.165) is 15.4 Å². The van der Waals surface area contributed by atoms with Gasteiger partial charge in [0.15, 0.2) is 5.70 Å². The molecule has 1 heterocycles. The molecule has 0 amide bonds. The first-order chi connectivity index (χ1) is 12.3. The average Bonchev–Trinajstić information content (AvgIpc) is 2.96. The monoisotopic (exact) mass is 370 g/mol. The van der Waals surface area contributed by atoms with Crippen LogP contribution in [-0.2, 0) is 19.6 Å². The molecular formula is C19H18N2O4S. The van der Waals surface area contributed by atoms with Crippen molar-refractivity contribution in [2.24, 2.45) is 4.99 Å². The summed E-state index contributed by atoms with van der Waals surface area (Å²) in [4.78, 5) is 16.4. The molecule has 0 aromatic heterocycles. The first kappa shape index (κ1) is 18.0. The lowest BCUT2D eigenvalue weighted by molar-refractivity contribution is -0.129. The van der Waals surface area contributed by atoms with E-state index in [1.54, 1.807) is 18.2 Å². The standard InChI is InChI=1S/C19H18N2O4S/c1-13-6-4-7-14(10-13)11-17-19(22)25-18(20-17)15-8-5-9-16(12-15)26(23,24)21(2)3/h4-12H,1-3H3/b17-11-. The zero-order valence-corrected chi connectivity index (χ0v) is 15.4. The van der Waals surface area contributed by atoms with E-state index in [1.807, 2.05) is 31.2 Å². The molecule has 6 nitrogen and oxygen atoms in total. The summed E-state index contributed by atoms with van der Waals surface area (Å²) in [6.07, 6.45) is 1.64. The van der Waals surface area contributed by atoms with Gasteiger partial charge in [-0.05, 0) is 36.8 Å². The Morgan fingerprint density at radius 2 is 1.81 bits per heavy atom. The molecule has 0 atom stereocenters. The maximum absolute atomic E-state index is 12.3. The number of hydrogen-bond donors (Lipinski definition) is 0. The zero-order chi connectivity index (χ0) is 18.9. The second-order valence-electron chi connectivity index (χ2n) is 6.07. The Morgan fingerprint density at radius 1 is 1.08 bits per heavy atom. The lowest BCUT2D eigenvalue weighted by Gasteiger charge is -2.11. The van der Waals surface area contributed by atoms with E-state index < -0.39 is 16.0 Å². The van der Waals surface area contributed by atoms with Crippen LogP contribution in [0.5, 0.6) is 0 Å². The van der Waals surface area contributed by atoms with Crippen molar-refractivity contribution in [1.82, 2.24) is 4.31 Å². The van der Waals surface area contributed by atoms with Crippen molar-refractivity contribution in [3.8, 4) is 0 Å². The maximum atomic E-state index is 12.3. The highest BCUT2D eigenvalue weighted by molar-refractivity contribution is 7.89. The summed E-state index contributed by atoms with van der Waals surface area (Å²) in [5, 5.41) is 0. The molecule has 2 aromatic carbocycles. The van der Waals surface area contributed by atoms with Gasteiger partial charge in [-0.25, -0.2) is 22.5 Å². The molecule has 0 aliphatic carbocycles. The average molecular weight is 370 g/mol. The summed E-state index contributed by atoms with van der Waals surface area (Å²) in [5.74, 6) is -0.480. The summed E-state index contributed by atoms with van der Waals surface area (Å²) in [5.41, 5.74) is 2.50. The van der Waals surface area contributed by atoms with E-state index in [0.29, 0.717) is 5.56 Å². The van der Waals surface area contributed by atoms with Crippen molar-refractivity contribution in [2.45, 2.75) is 11.8 Å². The van der Waals surface area contributed by atoms with E-state index in [4.69, 9.17) is 4.74 Å². The Balaban J connectivity index is 1.97. The Bertz CT molecular complexity index is 1040. The van der Waals surface area contributed by atoms with Gasteiger partial charge in [0.25, 0.3) is 0 Å². The highest BCUT2D eigenvalue weighted by atomic mass is 32.2. The molecular weight excluding hydrogens is 352 g/mol. The van der Waals surface area contributed by atoms with Crippen molar-refractivity contribution in [3.05, 3.63) is 70.9 Å². The van der Waals surface area contributed by atoms with Gasteiger partial charge in [0.05, 0.1) is 4.90 Å². The summed E-state index contributed by atoms with van der Waals surface area (Å²) in [6.45, 7) is 1.96. The number of sulfonamides is 1. The fourth-order valence-corrected chi connectivity index (χ4v) is 3.40. The molecule has 7 heteroatoms. The smallest absolute Gasteiger partial charge is 0.363 e. The molecule has 0 spiro atoms. The molecule has 0 fully saturated rings. The minimum Gasteiger partial charge on any atom is -0.402 e. The van der Waals surface area contributed by atoms with Crippen molar-refractivity contribution in [2.75, 3.05) is 14.1 Å². The van der Waals surface area contributed by atoms with Crippen LogP contribution in [-0.4, -0.2) is 38.7 Å². The molecule has 2 aromatic rings. The van der Waals surface area contributed by atoms with Gasteiger partial charge in [0.2, 0.25) is 15.9 Å². The van der Waals surface area contributed by atoms with Crippen LogP contribution in [0.4, 0.5) is 0 Å². The van der Waals surface area contributed by atoms with Gasteiger partial charge < -0.3 is 4.74 Å². The lowest BCUT2D eigenvalue weighted by atomic mass is 10.1. The van der Waals surface area contributed by atoms with Crippen molar-refractivity contribution < 1.29 is 17.9 Å². The number of rotatable bonds is 4. The fraction of sp³-hybridized carbons (Fsp3) is 0.158. The van der Waals surface area contributed by atoms with E-state index in [-0.39, 0.29) is 16.5 Å². The van der Waals surface area contributed by atoms with E-state index in [1.165, 1.54) is 26.2 Å². The fourth-order valence-electron chi connectivity index (χ4n) is 2.45. The van der Waals surface area contributed by atoms with Crippen molar-refractivity contribution >= 4 is 28.0 Å². The second kappa shape index (κ2) is 6.86. The number of carbonyl (C=O) groups is 1. The Kier molecular flexibility index (Phi) is 4.76. The molecule has 0 radical (unpaired) electrons. The molecule has 134 valence electrons. The summed E-state index contributed by atoms with van der Waals surface area (Å²) in [7, 11) is -0.674. The topological polar surface area (TPSA) is 76.0 Å². The van der Waals surface area contributed by atoms with Crippen LogP contribution in [0.2, 0.25) is 0 Å². The summed E-state index contributed by atoms with van der Waals surface area (Å²) >= 11 is 0. The maximum Gasteiger partial charge on any atom is 0.363 e. The minimum absolute atomic E-state index is 0.0877. The van der Waals surface area contributed by atoms with Gasteiger partial charge in [0.1, 0.15) is 0 Å².